The van der Waals surface area contributed by atoms with Gasteiger partial charge >= 0.3 is 0 Å². The summed E-state index contributed by atoms with van der Waals surface area (Å²) in [6.07, 6.45) is 1.54. The van der Waals surface area contributed by atoms with Crippen molar-refractivity contribution in [1.82, 2.24) is 5.32 Å². The number of rotatable bonds is 5. The SMILES string of the molecule is CC(C)C(CNC(=O)c1coc2ccccc12)C(C)C. The van der Waals surface area contributed by atoms with Crippen LogP contribution in [0.1, 0.15) is 38.1 Å². The van der Waals surface area contributed by atoms with E-state index in [9.17, 15) is 4.79 Å². The van der Waals surface area contributed by atoms with Gasteiger partial charge in [0.05, 0.1) is 5.56 Å². The van der Waals surface area contributed by atoms with E-state index in [1.807, 2.05) is 24.3 Å². The Kier molecular flexibility index (Phi) is 4.48. The second-order valence-corrected chi connectivity index (χ2v) is 6.01. The van der Waals surface area contributed by atoms with Crippen LogP contribution >= 0.6 is 0 Å². The Hall–Kier alpha value is -1.77. The van der Waals surface area contributed by atoms with Gasteiger partial charge < -0.3 is 9.73 Å². The van der Waals surface area contributed by atoms with Crippen molar-refractivity contribution in [2.75, 3.05) is 6.54 Å². The molecule has 0 atom stereocenters. The Labute approximate surface area is 120 Å². The standard InChI is InChI=1S/C17H23NO2/c1-11(2)14(12(3)4)9-18-17(19)15-10-20-16-8-6-5-7-13(15)16/h5-8,10-12,14H,9H2,1-4H3,(H,18,19). The lowest BCUT2D eigenvalue weighted by Crippen LogP contribution is -2.33. The summed E-state index contributed by atoms with van der Waals surface area (Å²) >= 11 is 0. The van der Waals surface area contributed by atoms with Gasteiger partial charge in [0.15, 0.2) is 0 Å². The quantitative estimate of drug-likeness (QED) is 0.891. The van der Waals surface area contributed by atoms with E-state index in [0.29, 0.717) is 29.9 Å². The first kappa shape index (κ1) is 14.6. The molecule has 1 amide bonds. The second kappa shape index (κ2) is 6.12. The number of hydrogen-bond acceptors (Lipinski definition) is 2. The predicted molar refractivity (Wildman–Crippen MR) is 81.7 cm³/mol. The first-order valence-electron chi connectivity index (χ1n) is 7.25. The van der Waals surface area contributed by atoms with Crippen LogP contribution in [0.25, 0.3) is 11.0 Å². The third-order valence-corrected chi connectivity index (χ3v) is 3.94. The zero-order valence-electron chi connectivity index (χ0n) is 12.6. The lowest BCUT2D eigenvalue weighted by Gasteiger charge is -2.24. The molecule has 0 spiro atoms. The van der Waals surface area contributed by atoms with Gasteiger partial charge in [-0.1, -0.05) is 45.9 Å². The lowest BCUT2D eigenvalue weighted by molar-refractivity contribution is 0.0938. The third kappa shape index (κ3) is 3.03. The van der Waals surface area contributed by atoms with Gasteiger partial charge in [-0.25, -0.2) is 0 Å². The normalized spacial score (nSPS) is 11.8. The van der Waals surface area contributed by atoms with E-state index in [4.69, 9.17) is 4.42 Å². The van der Waals surface area contributed by atoms with Crippen molar-refractivity contribution in [3.63, 3.8) is 0 Å². The van der Waals surface area contributed by atoms with Crippen LogP contribution in [0.5, 0.6) is 0 Å². The Morgan fingerprint density at radius 1 is 1.15 bits per heavy atom. The summed E-state index contributed by atoms with van der Waals surface area (Å²) < 4.78 is 5.41. The Morgan fingerprint density at radius 3 is 2.45 bits per heavy atom. The van der Waals surface area contributed by atoms with Crippen LogP contribution in [0.3, 0.4) is 0 Å². The number of benzene rings is 1. The highest BCUT2D eigenvalue weighted by atomic mass is 16.3. The van der Waals surface area contributed by atoms with Crippen molar-refractivity contribution in [3.8, 4) is 0 Å². The molecule has 0 unspecified atom stereocenters. The molecule has 1 aromatic heterocycles. The summed E-state index contributed by atoms with van der Waals surface area (Å²) in [6, 6.07) is 7.61. The van der Waals surface area contributed by atoms with Crippen LogP contribution in [-0.4, -0.2) is 12.5 Å². The number of fused-ring (bicyclic) bond motifs is 1. The summed E-state index contributed by atoms with van der Waals surface area (Å²) in [5.74, 6) is 1.53. The molecule has 2 aromatic rings. The highest BCUT2D eigenvalue weighted by molar-refractivity contribution is 6.05. The molecular weight excluding hydrogens is 250 g/mol. The molecule has 3 nitrogen and oxygen atoms in total. The van der Waals surface area contributed by atoms with E-state index in [1.165, 1.54) is 0 Å². The monoisotopic (exact) mass is 273 g/mol. The fourth-order valence-electron chi connectivity index (χ4n) is 2.70. The topological polar surface area (TPSA) is 42.2 Å². The molecule has 0 saturated carbocycles. The van der Waals surface area contributed by atoms with Gasteiger partial charge in [-0.15, -0.1) is 0 Å². The van der Waals surface area contributed by atoms with E-state index in [1.54, 1.807) is 6.26 Å². The largest absolute Gasteiger partial charge is 0.463 e. The van der Waals surface area contributed by atoms with Gasteiger partial charge in [-0.3, -0.25) is 4.79 Å². The molecule has 1 N–H and O–H groups in total. The van der Waals surface area contributed by atoms with Crippen LogP contribution in [-0.2, 0) is 0 Å². The van der Waals surface area contributed by atoms with E-state index in [-0.39, 0.29) is 5.91 Å². The molecule has 20 heavy (non-hydrogen) atoms. The summed E-state index contributed by atoms with van der Waals surface area (Å²) in [5, 5.41) is 3.91. The maximum Gasteiger partial charge on any atom is 0.255 e. The number of furan rings is 1. The van der Waals surface area contributed by atoms with Gasteiger partial charge in [-0.2, -0.15) is 0 Å². The maximum absolute atomic E-state index is 12.3. The average Bonchev–Trinajstić information content (AvgIpc) is 2.81. The van der Waals surface area contributed by atoms with Crippen LogP contribution in [0.4, 0.5) is 0 Å². The summed E-state index contributed by atoms with van der Waals surface area (Å²) in [7, 11) is 0. The molecule has 0 aliphatic heterocycles. The molecule has 0 saturated heterocycles. The fraction of sp³-hybridized carbons (Fsp3) is 0.471. The van der Waals surface area contributed by atoms with Crippen molar-refractivity contribution in [1.29, 1.82) is 0 Å². The first-order valence-corrected chi connectivity index (χ1v) is 7.25. The lowest BCUT2D eigenvalue weighted by atomic mass is 9.85. The Morgan fingerprint density at radius 2 is 1.80 bits per heavy atom. The first-order chi connectivity index (χ1) is 9.50. The Bertz CT molecular complexity index is 575. The molecule has 1 aromatic carbocycles. The number of nitrogens with one attached hydrogen (secondary N) is 1. The molecule has 0 radical (unpaired) electrons. The summed E-state index contributed by atoms with van der Waals surface area (Å²) in [5.41, 5.74) is 1.37. The minimum absolute atomic E-state index is 0.0544. The number of amides is 1. The van der Waals surface area contributed by atoms with E-state index in [0.717, 1.165) is 11.0 Å². The van der Waals surface area contributed by atoms with Crippen LogP contribution in [0.15, 0.2) is 34.9 Å². The van der Waals surface area contributed by atoms with Gasteiger partial charge in [0.25, 0.3) is 5.91 Å². The summed E-state index contributed by atoms with van der Waals surface area (Å²) in [4.78, 5) is 12.3. The van der Waals surface area contributed by atoms with Crippen molar-refractivity contribution in [3.05, 3.63) is 36.1 Å². The molecule has 1 heterocycles. The van der Waals surface area contributed by atoms with Crippen molar-refractivity contribution in [2.45, 2.75) is 27.7 Å². The van der Waals surface area contributed by atoms with E-state index in [2.05, 4.69) is 33.0 Å². The summed E-state index contributed by atoms with van der Waals surface area (Å²) in [6.45, 7) is 9.50. The third-order valence-electron chi connectivity index (χ3n) is 3.94. The van der Waals surface area contributed by atoms with Crippen molar-refractivity contribution in [2.24, 2.45) is 17.8 Å². The van der Waals surface area contributed by atoms with Gasteiger partial charge in [0.2, 0.25) is 0 Å². The average molecular weight is 273 g/mol. The van der Waals surface area contributed by atoms with Crippen LogP contribution < -0.4 is 5.32 Å². The smallest absolute Gasteiger partial charge is 0.255 e. The number of carbonyl (C=O) groups excluding carboxylic acids is 1. The molecule has 0 aliphatic rings. The van der Waals surface area contributed by atoms with Gasteiger partial charge in [0, 0.05) is 11.9 Å². The number of para-hydroxylation sites is 1. The fourth-order valence-corrected chi connectivity index (χ4v) is 2.70. The van der Waals surface area contributed by atoms with Crippen LogP contribution in [0, 0.1) is 17.8 Å². The van der Waals surface area contributed by atoms with E-state index < -0.39 is 0 Å². The number of hydrogen-bond donors (Lipinski definition) is 1. The second-order valence-electron chi connectivity index (χ2n) is 6.01. The number of carbonyl (C=O) groups is 1. The molecule has 108 valence electrons. The molecule has 2 rings (SSSR count). The minimum atomic E-state index is -0.0544. The molecule has 0 bridgehead atoms. The Balaban J connectivity index is 2.09. The molecule has 0 aliphatic carbocycles. The van der Waals surface area contributed by atoms with Crippen molar-refractivity contribution < 1.29 is 9.21 Å². The van der Waals surface area contributed by atoms with Gasteiger partial charge in [-0.05, 0) is 23.8 Å². The van der Waals surface area contributed by atoms with Gasteiger partial charge in [0.1, 0.15) is 11.8 Å². The highest BCUT2D eigenvalue weighted by Gasteiger charge is 2.20. The zero-order valence-corrected chi connectivity index (χ0v) is 12.6. The zero-order chi connectivity index (χ0) is 14.7. The molecule has 0 fully saturated rings. The van der Waals surface area contributed by atoms with E-state index >= 15 is 0 Å². The predicted octanol–water partition coefficient (Wildman–Crippen LogP) is 4.09. The van der Waals surface area contributed by atoms with Crippen LogP contribution in [0.2, 0.25) is 0 Å². The molecule has 3 heteroatoms. The van der Waals surface area contributed by atoms with Crippen molar-refractivity contribution >= 4 is 16.9 Å². The molecular formula is C17H23NO2. The maximum atomic E-state index is 12.3. The highest BCUT2D eigenvalue weighted by Crippen LogP contribution is 2.22. The minimum Gasteiger partial charge on any atom is -0.463 e.